The van der Waals surface area contributed by atoms with E-state index in [0.29, 0.717) is 37.4 Å². The molecule has 1 aliphatic heterocycles. The fourth-order valence-corrected chi connectivity index (χ4v) is 3.66. The van der Waals surface area contributed by atoms with Crippen molar-refractivity contribution in [2.75, 3.05) is 13.2 Å². The molecule has 0 saturated heterocycles. The van der Waals surface area contributed by atoms with Crippen molar-refractivity contribution in [3.05, 3.63) is 58.7 Å². The van der Waals surface area contributed by atoms with Gasteiger partial charge in [-0.3, -0.25) is 9.59 Å². The van der Waals surface area contributed by atoms with Gasteiger partial charge in [0.05, 0.1) is 6.54 Å². The molecule has 0 fully saturated rings. The Kier molecular flexibility index (Phi) is 4.37. The normalized spacial score (nSPS) is 16.8. The lowest BCUT2D eigenvalue weighted by Crippen LogP contribution is -2.32. The molecule has 0 aromatic heterocycles. The number of benzene rings is 2. The highest BCUT2D eigenvalue weighted by atomic mass is 16.5. The van der Waals surface area contributed by atoms with Crippen LogP contribution in [0.2, 0.25) is 0 Å². The van der Waals surface area contributed by atoms with Crippen LogP contribution in [-0.2, 0) is 13.0 Å². The summed E-state index contributed by atoms with van der Waals surface area (Å²) in [5, 5.41) is 9.60. The molecule has 0 atom stereocenters. The topological polar surface area (TPSA) is 66.8 Å². The van der Waals surface area contributed by atoms with E-state index in [1.165, 1.54) is 0 Å². The molecule has 0 radical (unpaired) electrons. The quantitative estimate of drug-likeness (QED) is 0.800. The molecule has 0 unspecified atom stereocenters. The second-order valence-corrected chi connectivity index (χ2v) is 6.87. The third kappa shape index (κ3) is 3.17. The van der Waals surface area contributed by atoms with Gasteiger partial charge in [-0.05, 0) is 49.1 Å². The van der Waals surface area contributed by atoms with Crippen molar-refractivity contribution in [1.29, 1.82) is 0 Å². The third-order valence-corrected chi connectivity index (χ3v) is 5.07. The van der Waals surface area contributed by atoms with Crippen molar-refractivity contribution in [2.24, 2.45) is 0 Å². The van der Waals surface area contributed by atoms with Crippen LogP contribution in [0.3, 0.4) is 0 Å². The summed E-state index contributed by atoms with van der Waals surface area (Å²) < 4.78 is 5.67. The van der Waals surface area contributed by atoms with Crippen LogP contribution in [-0.4, -0.2) is 34.8 Å². The lowest BCUT2D eigenvalue weighted by Gasteiger charge is -2.20. The number of phenols is 1. The highest BCUT2D eigenvalue weighted by Crippen LogP contribution is 2.28. The van der Waals surface area contributed by atoms with Gasteiger partial charge < -0.3 is 14.7 Å². The fraction of sp³-hybridized carbons (Fsp3) is 0.333. The summed E-state index contributed by atoms with van der Waals surface area (Å²) in [5.41, 5.74) is 3.23. The zero-order chi connectivity index (χ0) is 18.1. The van der Waals surface area contributed by atoms with Crippen LogP contribution < -0.4 is 4.74 Å². The molecule has 5 heteroatoms. The Morgan fingerprint density at radius 2 is 1.88 bits per heavy atom. The minimum atomic E-state index is -0.0611. The second-order valence-electron chi connectivity index (χ2n) is 6.87. The molecule has 4 rings (SSSR count). The fourth-order valence-electron chi connectivity index (χ4n) is 3.66. The average Bonchev–Trinajstić information content (AvgIpc) is 2.96. The number of carbonyl (C=O) groups excluding carboxylic acids is 2. The van der Waals surface area contributed by atoms with Crippen LogP contribution in [0.25, 0.3) is 0 Å². The standard InChI is InChI=1S/C21H21NO4/c23-17-7-5-16-13-22(9-10-26-20(16)12-17)21(25)15-6-8-18-14(11-15)3-1-2-4-19(18)24/h5-8,11-12,23H,1-4,9-10,13H2. The molecule has 2 aromatic carbocycles. The highest BCUT2D eigenvalue weighted by molar-refractivity contribution is 6.00. The van der Waals surface area contributed by atoms with Crippen molar-refractivity contribution in [1.82, 2.24) is 4.90 Å². The van der Waals surface area contributed by atoms with Gasteiger partial charge in [0, 0.05) is 35.7 Å². The van der Waals surface area contributed by atoms with Crippen molar-refractivity contribution >= 4 is 11.7 Å². The van der Waals surface area contributed by atoms with E-state index in [-0.39, 0.29) is 17.4 Å². The maximum atomic E-state index is 13.0. The maximum absolute atomic E-state index is 13.0. The van der Waals surface area contributed by atoms with Gasteiger partial charge in [0.1, 0.15) is 18.1 Å². The van der Waals surface area contributed by atoms with E-state index in [1.54, 1.807) is 35.2 Å². The minimum absolute atomic E-state index is 0.0611. The number of ketones is 1. The Bertz CT molecular complexity index is 874. The number of aryl methyl sites for hydroxylation is 1. The molecule has 1 heterocycles. The van der Waals surface area contributed by atoms with Crippen LogP contribution in [0.1, 0.15) is 51.1 Å². The Morgan fingerprint density at radius 3 is 2.77 bits per heavy atom. The molecular formula is C21H21NO4. The van der Waals surface area contributed by atoms with Gasteiger partial charge in [0.25, 0.3) is 5.91 Å². The molecule has 2 aliphatic rings. The first kappa shape index (κ1) is 16.6. The molecule has 0 bridgehead atoms. The van der Waals surface area contributed by atoms with Gasteiger partial charge >= 0.3 is 0 Å². The molecule has 0 saturated carbocycles. The molecular weight excluding hydrogens is 330 g/mol. The van der Waals surface area contributed by atoms with Crippen LogP contribution in [0.5, 0.6) is 11.5 Å². The van der Waals surface area contributed by atoms with E-state index in [1.807, 2.05) is 6.07 Å². The van der Waals surface area contributed by atoms with Crippen LogP contribution in [0.4, 0.5) is 0 Å². The van der Waals surface area contributed by atoms with E-state index < -0.39 is 0 Å². The van der Waals surface area contributed by atoms with Crippen LogP contribution in [0.15, 0.2) is 36.4 Å². The highest BCUT2D eigenvalue weighted by Gasteiger charge is 2.23. The second kappa shape index (κ2) is 6.83. The summed E-state index contributed by atoms with van der Waals surface area (Å²) in [4.78, 5) is 26.9. The van der Waals surface area contributed by atoms with Gasteiger partial charge in [0.2, 0.25) is 0 Å². The number of aromatic hydroxyl groups is 1. The molecule has 134 valence electrons. The maximum Gasteiger partial charge on any atom is 0.254 e. The number of nitrogens with zero attached hydrogens (tertiary/aromatic N) is 1. The first-order valence-corrected chi connectivity index (χ1v) is 9.02. The van der Waals surface area contributed by atoms with Gasteiger partial charge in [0.15, 0.2) is 5.78 Å². The number of carbonyl (C=O) groups is 2. The van der Waals surface area contributed by atoms with E-state index in [0.717, 1.165) is 36.0 Å². The Morgan fingerprint density at radius 1 is 1.04 bits per heavy atom. The molecule has 1 aliphatic carbocycles. The lowest BCUT2D eigenvalue weighted by atomic mass is 9.98. The lowest BCUT2D eigenvalue weighted by molar-refractivity contribution is 0.0732. The zero-order valence-corrected chi connectivity index (χ0v) is 14.5. The third-order valence-electron chi connectivity index (χ3n) is 5.07. The molecule has 0 spiro atoms. The largest absolute Gasteiger partial charge is 0.508 e. The molecule has 2 aromatic rings. The Hall–Kier alpha value is -2.82. The number of Topliss-reactive ketones (excluding diaryl/α,β-unsaturated/α-hetero) is 1. The average molecular weight is 351 g/mol. The van der Waals surface area contributed by atoms with Gasteiger partial charge in [-0.1, -0.05) is 6.07 Å². The van der Waals surface area contributed by atoms with Gasteiger partial charge in [-0.25, -0.2) is 0 Å². The van der Waals surface area contributed by atoms with E-state index in [9.17, 15) is 14.7 Å². The minimum Gasteiger partial charge on any atom is -0.508 e. The molecule has 5 nitrogen and oxygen atoms in total. The predicted molar refractivity (Wildman–Crippen MR) is 96.7 cm³/mol. The van der Waals surface area contributed by atoms with E-state index in [4.69, 9.17) is 4.74 Å². The number of phenolic OH excluding ortho intramolecular Hbond substituents is 1. The van der Waals surface area contributed by atoms with Crippen molar-refractivity contribution < 1.29 is 19.4 Å². The number of ether oxygens (including phenoxy) is 1. The van der Waals surface area contributed by atoms with Crippen molar-refractivity contribution in [2.45, 2.75) is 32.2 Å². The Labute approximate surface area is 152 Å². The molecule has 1 N–H and O–H groups in total. The summed E-state index contributed by atoms with van der Waals surface area (Å²) in [6.07, 6.45) is 3.31. The predicted octanol–water partition coefficient (Wildman–Crippen LogP) is 3.34. The van der Waals surface area contributed by atoms with E-state index in [2.05, 4.69) is 0 Å². The molecule has 1 amide bonds. The monoisotopic (exact) mass is 351 g/mol. The van der Waals surface area contributed by atoms with E-state index >= 15 is 0 Å². The number of rotatable bonds is 1. The smallest absolute Gasteiger partial charge is 0.254 e. The summed E-state index contributed by atoms with van der Waals surface area (Å²) in [6, 6.07) is 10.4. The number of hydrogen-bond acceptors (Lipinski definition) is 4. The van der Waals surface area contributed by atoms with Gasteiger partial charge in [-0.15, -0.1) is 0 Å². The van der Waals surface area contributed by atoms with Crippen molar-refractivity contribution in [3.63, 3.8) is 0 Å². The van der Waals surface area contributed by atoms with Crippen molar-refractivity contribution in [3.8, 4) is 11.5 Å². The first-order valence-electron chi connectivity index (χ1n) is 9.02. The number of amides is 1. The van der Waals surface area contributed by atoms with Gasteiger partial charge in [-0.2, -0.15) is 0 Å². The summed E-state index contributed by atoms with van der Waals surface area (Å²) >= 11 is 0. The van der Waals surface area contributed by atoms with Crippen LogP contribution >= 0.6 is 0 Å². The SMILES string of the molecule is O=C1CCCCc2cc(C(=O)N3CCOc4cc(O)ccc4C3)ccc21. The summed E-state index contributed by atoms with van der Waals surface area (Å²) in [6.45, 7) is 1.29. The molecule has 26 heavy (non-hydrogen) atoms. The number of fused-ring (bicyclic) bond motifs is 2. The summed E-state index contributed by atoms with van der Waals surface area (Å²) in [7, 11) is 0. The summed E-state index contributed by atoms with van der Waals surface area (Å²) in [5.74, 6) is 0.884. The number of hydrogen-bond donors (Lipinski definition) is 1. The van der Waals surface area contributed by atoms with Crippen LogP contribution in [0, 0.1) is 0 Å². The Balaban J connectivity index is 1.60. The first-order chi connectivity index (χ1) is 12.6. The zero-order valence-electron chi connectivity index (χ0n) is 14.5.